The van der Waals surface area contributed by atoms with Gasteiger partial charge in [0.2, 0.25) is 5.91 Å². The van der Waals surface area contributed by atoms with Gasteiger partial charge in [0.15, 0.2) is 11.7 Å². The number of hydrogen-bond acceptors (Lipinski definition) is 3. The van der Waals surface area contributed by atoms with Gasteiger partial charge in [-0.1, -0.05) is 35.3 Å². The molecule has 1 amide bonds. The molecule has 22 heavy (non-hydrogen) atoms. The Kier molecular flexibility index (Phi) is 5.16. The highest BCUT2D eigenvalue weighted by atomic mass is 35.5. The van der Waals surface area contributed by atoms with Crippen molar-refractivity contribution in [3.05, 3.63) is 64.1 Å². The lowest BCUT2D eigenvalue weighted by atomic mass is 9.98. The SMILES string of the molecule is N#CC(C(=O)Nc1ccccc1Cl)C(=O)c1ccc(Cl)cc1. The molecular formula is C16H10Cl2N2O2. The van der Waals surface area contributed by atoms with Crippen LogP contribution in [-0.4, -0.2) is 11.7 Å². The molecule has 0 aliphatic heterocycles. The first-order valence-electron chi connectivity index (χ1n) is 6.27. The molecule has 0 aliphatic carbocycles. The molecule has 0 aliphatic rings. The quantitative estimate of drug-likeness (QED) is 0.680. The highest BCUT2D eigenvalue weighted by molar-refractivity contribution is 6.34. The van der Waals surface area contributed by atoms with Crippen molar-refractivity contribution in [2.24, 2.45) is 5.92 Å². The summed E-state index contributed by atoms with van der Waals surface area (Å²) < 4.78 is 0. The van der Waals surface area contributed by atoms with E-state index >= 15 is 0 Å². The second-order valence-electron chi connectivity index (χ2n) is 4.40. The molecule has 6 heteroatoms. The van der Waals surface area contributed by atoms with Crippen molar-refractivity contribution in [3.8, 4) is 6.07 Å². The number of nitrogens with one attached hydrogen (secondary N) is 1. The van der Waals surface area contributed by atoms with Crippen LogP contribution >= 0.6 is 23.2 Å². The summed E-state index contributed by atoms with van der Waals surface area (Å²) in [6.45, 7) is 0. The first-order valence-corrected chi connectivity index (χ1v) is 7.03. The predicted octanol–water partition coefficient (Wildman–Crippen LogP) is 3.95. The molecule has 1 unspecified atom stereocenters. The van der Waals surface area contributed by atoms with Crippen LogP contribution in [0.15, 0.2) is 48.5 Å². The number of para-hydroxylation sites is 1. The van der Waals surface area contributed by atoms with Crippen LogP contribution in [0.3, 0.4) is 0 Å². The molecule has 1 atom stereocenters. The zero-order valence-corrected chi connectivity index (χ0v) is 12.7. The molecule has 0 bridgehead atoms. The summed E-state index contributed by atoms with van der Waals surface area (Å²) in [5, 5.41) is 12.4. The van der Waals surface area contributed by atoms with Gasteiger partial charge in [-0.25, -0.2) is 0 Å². The van der Waals surface area contributed by atoms with E-state index in [4.69, 9.17) is 28.5 Å². The van der Waals surface area contributed by atoms with Crippen LogP contribution in [0.25, 0.3) is 0 Å². The largest absolute Gasteiger partial charge is 0.323 e. The monoisotopic (exact) mass is 332 g/mol. The van der Waals surface area contributed by atoms with Crippen molar-refractivity contribution >= 4 is 40.6 Å². The van der Waals surface area contributed by atoms with E-state index in [2.05, 4.69) is 5.32 Å². The third-order valence-corrected chi connectivity index (χ3v) is 3.50. The van der Waals surface area contributed by atoms with Gasteiger partial charge in [0, 0.05) is 10.6 Å². The van der Waals surface area contributed by atoms with Gasteiger partial charge in [-0.3, -0.25) is 9.59 Å². The number of Topliss-reactive ketones (excluding diaryl/α,β-unsaturated/α-hetero) is 1. The van der Waals surface area contributed by atoms with Crippen molar-refractivity contribution in [2.45, 2.75) is 0 Å². The fourth-order valence-electron chi connectivity index (χ4n) is 1.78. The third-order valence-electron chi connectivity index (χ3n) is 2.91. The Labute approximate surface area is 137 Å². The van der Waals surface area contributed by atoms with Crippen LogP contribution in [0.2, 0.25) is 10.0 Å². The van der Waals surface area contributed by atoms with E-state index < -0.39 is 17.6 Å². The lowest BCUT2D eigenvalue weighted by molar-refractivity contribution is -0.117. The van der Waals surface area contributed by atoms with E-state index in [0.29, 0.717) is 15.7 Å². The van der Waals surface area contributed by atoms with Crippen LogP contribution in [-0.2, 0) is 4.79 Å². The number of ketones is 1. The Balaban J connectivity index is 2.19. The van der Waals surface area contributed by atoms with Gasteiger partial charge >= 0.3 is 0 Å². The highest BCUT2D eigenvalue weighted by Crippen LogP contribution is 2.22. The Morgan fingerprint density at radius 1 is 1.05 bits per heavy atom. The fraction of sp³-hybridized carbons (Fsp3) is 0.0625. The van der Waals surface area contributed by atoms with Gasteiger partial charge in [-0.05, 0) is 36.4 Å². The highest BCUT2D eigenvalue weighted by Gasteiger charge is 2.27. The summed E-state index contributed by atoms with van der Waals surface area (Å²) in [7, 11) is 0. The number of halogens is 2. The van der Waals surface area contributed by atoms with E-state index in [1.54, 1.807) is 30.3 Å². The zero-order valence-electron chi connectivity index (χ0n) is 11.2. The van der Waals surface area contributed by atoms with Crippen LogP contribution in [0, 0.1) is 17.2 Å². The van der Waals surface area contributed by atoms with Crippen LogP contribution < -0.4 is 5.32 Å². The number of hydrogen-bond donors (Lipinski definition) is 1. The van der Waals surface area contributed by atoms with Crippen molar-refractivity contribution < 1.29 is 9.59 Å². The Morgan fingerprint density at radius 3 is 2.27 bits per heavy atom. The Bertz CT molecular complexity index is 751. The van der Waals surface area contributed by atoms with E-state index in [-0.39, 0.29) is 5.56 Å². The minimum absolute atomic E-state index is 0.241. The molecule has 0 heterocycles. The number of carbonyl (C=O) groups is 2. The molecule has 0 aromatic heterocycles. The maximum absolute atomic E-state index is 12.2. The number of rotatable bonds is 4. The molecule has 0 saturated heterocycles. The smallest absolute Gasteiger partial charge is 0.249 e. The average molecular weight is 333 g/mol. The molecule has 0 radical (unpaired) electrons. The van der Waals surface area contributed by atoms with Crippen molar-refractivity contribution in [2.75, 3.05) is 5.32 Å². The van der Waals surface area contributed by atoms with Gasteiger partial charge < -0.3 is 5.32 Å². The summed E-state index contributed by atoms with van der Waals surface area (Å²) in [6.07, 6.45) is 0. The maximum atomic E-state index is 12.2. The number of nitriles is 1. The maximum Gasteiger partial charge on any atom is 0.249 e. The molecule has 0 saturated carbocycles. The van der Waals surface area contributed by atoms with E-state index in [9.17, 15) is 9.59 Å². The topological polar surface area (TPSA) is 70.0 Å². The summed E-state index contributed by atoms with van der Waals surface area (Å²) in [5.74, 6) is -2.78. The minimum Gasteiger partial charge on any atom is -0.323 e. The fourth-order valence-corrected chi connectivity index (χ4v) is 2.09. The molecule has 4 nitrogen and oxygen atoms in total. The predicted molar refractivity (Wildman–Crippen MR) is 85.0 cm³/mol. The van der Waals surface area contributed by atoms with Crippen LogP contribution in [0.1, 0.15) is 10.4 Å². The van der Waals surface area contributed by atoms with E-state index in [1.807, 2.05) is 0 Å². The number of amides is 1. The van der Waals surface area contributed by atoms with E-state index in [0.717, 1.165) is 0 Å². The average Bonchev–Trinajstić information content (AvgIpc) is 2.51. The molecule has 1 N–H and O–H groups in total. The van der Waals surface area contributed by atoms with Gasteiger partial charge in [-0.2, -0.15) is 5.26 Å². The normalized spacial score (nSPS) is 11.3. The van der Waals surface area contributed by atoms with E-state index in [1.165, 1.54) is 24.3 Å². The molecule has 2 aromatic rings. The first-order chi connectivity index (χ1) is 10.5. The van der Waals surface area contributed by atoms with Crippen molar-refractivity contribution in [1.29, 1.82) is 5.26 Å². The van der Waals surface area contributed by atoms with Gasteiger partial charge in [0.1, 0.15) is 0 Å². The van der Waals surface area contributed by atoms with Gasteiger partial charge in [-0.15, -0.1) is 0 Å². The Morgan fingerprint density at radius 2 is 1.68 bits per heavy atom. The lowest BCUT2D eigenvalue weighted by Gasteiger charge is -2.10. The van der Waals surface area contributed by atoms with Crippen molar-refractivity contribution in [1.82, 2.24) is 0 Å². The second kappa shape index (κ2) is 7.08. The third kappa shape index (κ3) is 3.64. The minimum atomic E-state index is -1.46. The first kappa shape index (κ1) is 16.0. The summed E-state index contributed by atoms with van der Waals surface area (Å²) in [4.78, 5) is 24.4. The van der Waals surface area contributed by atoms with Gasteiger partial charge in [0.25, 0.3) is 0 Å². The van der Waals surface area contributed by atoms with Crippen LogP contribution in [0.4, 0.5) is 5.69 Å². The number of anilines is 1. The van der Waals surface area contributed by atoms with Crippen molar-refractivity contribution in [3.63, 3.8) is 0 Å². The van der Waals surface area contributed by atoms with Crippen LogP contribution in [0.5, 0.6) is 0 Å². The summed E-state index contributed by atoms with van der Waals surface area (Å²) in [6, 6.07) is 14.3. The molecule has 2 rings (SSSR count). The molecule has 2 aromatic carbocycles. The number of carbonyl (C=O) groups excluding carboxylic acids is 2. The standard InChI is InChI=1S/C16H10Cl2N2O2/c17-11-7-5-10(6-8-11)15(21)12(9-19)16(22)20-14-4-2-1-3-13(14)18/h1-8,12H,(H,20,22). The summed E-state index contributed by atoms with van der Waals surface area (Å²) >= 11 is 11.7. The molecule has 0 spiro atoms. The number of benzene rings is 2. The molecule has 110 valence electrons. The summed E-state index contributed by atoms with van der Waals surface area (Å²) in [5.41, 5.74) is 0.587. The molecular weight excluding hydrogens is 323 g/mol. The molecule has 0 fully saturated rings. The second-order valence-corrected chi connectivity index (χ2v) is 5.25. The lowest BCUT2D eigenvalue weighted by Crippen LogP contribution is -2.28. The number of nitrogens with zero attached hydrogens (tertiary/aromatic N) is 1. The zero-order chi connectivity index (χ0) is 16.1. The van der Waals surface area contributed by atoms with Gasteiger partial charge in [0.05, 0.1) is 16.8 Å². The Hall–Kier alpha value is -2.35.